The fourth-order valence-corrected chi connectivity index (χ4v) is 5.10. The number of carbonyl (C=O) groups excluding carboxylic acids is 2. The number of halogens is 1. The van der Waals surface area contributed by atoms with Gasteiger partial charge in [-0.2, -0.15) is 0 Å². The molecule has 9 heteroatoms. The second kappa shape index (κ2) is 12.4. The summed E-state index contributed by atoms with van der Waals surface area (Å²) in [5, 5.41) is 2.67. The Labute approximate surface area is 227 Å². The number of amides is 2. The van der Waals surface area contributed by atoms with E-state index < -0.39 is 28.5 Å². The molecule has 0 radical (unpaired) electrons. The number of rotatable bonds is 10. The maximum absolute atomic E-state index is 13.9. The van der Waals surface area contributed by atoms with Crippen LogP contribution in [-0.4, -0.2) is 51.0 Å². The van der Waals surface area contributed by atoms with E-state index >= 15 is 0 Å². The first-order valence-electron chi connectivity index (χ1n) is 11.8. The molecule has 0 fully saturated rings. The summed E-state index contributed by atoms with van der Waals surface area (Å²) >= 11 is 3.43. The largest absolute Gasteiger partial charge is 0.357 e. The number of nitrogens with one attached hydrogen (secondary N) is 1. The van der Waals surface area contributed by atoms with E-state index in [9.17, 15) is 18.0 Å². The number of carbonyl (C=O) groups is 2. The number of anilines is 1. The van der Waals surface area contributed by atoms with Crippen LogP contribution in [0.2, 0.25) is 0 Å². The second-order valence-electron chi connectivity index (χ2n) is 9.03. The molecule has 0 aliphatic carbocycles. The van der Waals surface area contributed by atoms with Gasteiger partial charge in [0.15, 0.2) is 0 Å². The molecule has 7 nitrogen and oxygen atoms in total. The van der Waals surface area contributed by atoms with Crippen LogP contribution in [0.3, 0.4) is 0 Å². The lowest BCUT2D eigenvalue weighted by Crippen LogP contribution is -2.52. The molecule has 2 amide bonds. The Balaban J connectivity index is 2.03. The molecule has 0 aliphatic rings. The zero-order valence-corrected chi connectivity index (χ0v) is 23.8. The Morgan fingerprint density at radius 3 is 2.16 bits per heavy atom. The zero-order chi connectivity index (χ0) is 27.2. The predicted octanol–water partition coefficient (Wildman–Crippen LogP) is 4.22. The summed E-state index contributed by atoms with van der Waals surface area (Å²) in [7, 11) is -2.27. The highest BCUT2D eigenvalue weighted by atomic mass is 79.9. The van der Waals surface area contributed by atoms with Crippen molar-refractivity contribution in [2.75, 3.05) is 24.2 Å². The Hall–Kier alpha value is -3.17. The minimum absolute atomic E-state index is 0.154. The summed E-state index contributed by atoms with van der Waals surface area (Å²) in [6, 6.07) is 21.4. The second-order valence-corrected chi connectivity index (χ2v) is 11.8. The van der Waals surface area contributed by atoms with E-state index in [1.165, 1.54) is 11.9 Å². The molecule has 1 N–H and O–H groups in total. The molecule has 3 aromatic rings. The van der Waals surface area contributed by atoms with E-state index in [0.717, 1.165) is 37.3 Å². The van der Waals surface area contributed by atoms with Crippen LogP contribution in [0.15, 0.2) is 77.3 Å². The van der Waals surface area contributed by atoms with Crippen LogP contribution >= 0.6 is 15.9 Å². The smallest absolute Gasteiger partial charge is 0.244 e. The number of sulfonamides is 1. The normalized spacial score (nSPS) is 12.0. The summed E-state index contributed by atoms with van der Waals surface area (Å²) in [5.41, 5.74) is 4.02. The Morgan fingerprint density at radius 1 is 0.946 bits per heavy atom. The van der Waals surface area contributed by atoms with Gasteiger partial charge in [0.1, 0.15) is 12.6 Å². The van der Waals surface area contributed by atoms with Gasteiger partial charge in [0.2, 0.25) is 21.8 Å². The molecule has 3 rings (SSSR count). The maximum Gasteiger partial charge on any atom is 0.244 e. The van der Waals surface area contributed by atoms with Crippen LogP contribution < -0.4 is 9.62 Å². The molecule has 0 saturated heterocycles. The average molecular weight is 587 g/mol. The minimum atomic E-state index is -3.80. The molecule has 0 aromatic heterocycles. The van der Waals surface area contributed by atoms with E-state index in [2.05, 4.69) is 21.2 Å². The third-order valence-electron chi connectivity index (χ3n) is 6.10. The zero-order valence-electron chi connectivity index (χ0n) is 21.4. The third kappa shape index (κ3) is 7.66. The van der Waals surface area contributed by atoms with Gasteiger partial charge in [-0.25, -0.2) is 8.42 Å². The van der Waals surface area contributed by atoms with Gasteiger partial charge in [-0.15, -0.1) is 0 Å². The SMILES string of the molecule is CNC(=O)[C@@H](Cc1ccccc1)N(Cc1ccc(C)cc1)C(=O)CN(c1ccc(Br)c(C)c1)S(C)(=O)=O. The van der Waals surface area contributed by atoms with Crippen LogP contribution in [0.4, 0.5) is 5.69 Å². The van der Waals surface area contributed by atoms with Crippen LogP contribution in [0.5, 0.6) is 0 Å². The van der Waals surface area contributed by atoms with Crippen molar-refractivity contribution in [3.8, 4) is 0 Å². The van der Waals surface area contributed by atoms with Crippen LogP contribution in [0.1, 0.15) is 22.3 Å². The van der Waals surface area contributed by atoms with Gasteiger partial charge in [0.25, 0.3) is 0 Å². The van der Waals surface area contributed by atoms with Crippen LogP contribution in [0, 0.1) is 13.8 Å². The maximum atomic E-state index is 13.9. The van der Waals surface area contributed by atoms with Crippen molar-refractivity contribution in [2.45, 2.75) is 32.9 Å². The lowest BCUT2D eigenvalue weighted by Gasteiger charge is -2.33. The highest BCUT2D eigenvalue weighted by Gasteiger charge is 2.32. The lowest BCUT2D eigenvalue weighted by molar-refractivity contribution is -0.139. The first-order valence-corrected chi connectivity index (χ1v) is 14.5. The van der Waals surface area contributed by atoms with Crippen molar-refractivity contribution >= 4 is 43.5 Å². The van der Waals surface area contributed by atoms with Crippen molar-refractivity contribution in [2.24, 2.45) is 0 Å². The number of aryl methyl sites for hydroxylation is 2. The van der Waals surface area contributed by atoms with E-state index in [1.807, 2.05) is 68.4 Å². The van der Waals surface area contributed by atoms with Crippen LogP contribution in [-0.2, 0) is 32.6 Å². The molecule has 1 atom stereocenters. The number of hydrogen-bond acceptors (Lipinski definition) is 4. The van der Waals surface area contributed by atoms with Gasteiger partial charge in [-0.3, -0.25) is 13.9 Å². The van der Waals surface area contributed by atoms with E-state index in [1.54, 1.807) is 18.2 Å². The molecule has 0 heterocycles. The van der Waals surface area contributed by atoms with E-state index in [4.69, 9.17) is 0 Å². The summed E-state index contributed by atoms with van der Waals surface area (Å²) in [6.07, 6.45) is 1.36. The van der Waals surface area contributed by atoms with Crippen molar-refractivity contribution in [3.63, 3.8) is 0 Å². The molecule has 0 saturated carbocycles. The number of benzene rings is 3. The Bertz CT molecular complexity index is 1350. The third-order valence-corrected chi connectivity index (χ3v) is 8.13. The quantitative estimate of drug-likeness (QED) is 0.386. The molecule has 0 bridgehead atoms. The fraction of sp³-hybridized carbons (Fsp3) is 0.286. The highest BCUT2D eigenvalue weighted by Crippen LogP contribution is 2.25. The summed E-state index contributed by atoms with van der Waals surface area (Å²) < 4.78 is 27.5. The number of nitrogens with zero attached hydrogens (tertiary/aromatic N) is 2. The molecular weight excluding hydrogens is 554 g/mol. The van der Waals surface area contributed by atoms with E-state index in [0.29, 0.717) is 5.69 Å². The topological polar surface area (TPSA) is 86.8 Å². The highest BCUT2D eigenvalue weighted by molar-refractivity contribution is 9.10. The summed E-state index contributed by atoms with van der Waals surface area (Å²) in [6.45, 7) is 3.54. The van der Waals surface area contributed by atoms with Gasteiger partial charge in [-0.05, 0) is 48.7 Å². The van der Waals surface area contributed by atoms with Crippen molar-refractivity contribution < 1.29 is 18.0 Å². The van der Waals surface area contributed by atoms with Gasteiger partial charge in [0.05, 0.1) is 11.9 Å². The van der Waals surface area contributed by atoms with Crippen molar-refractivity contribution in [3.05, 3.63) is 99.5 Å². The molecule has 0 unspecified atom stereocenters. The van der Waals surface area contributed by atoms with Crippen molar-refractivity contribution in [1.29, 1.82) is 0 Å². The van der Waals surface area contributed by atoms with Gasteiger partial charge in [-0.1, -0.05) is 76.1 Å². The standard InChI is InChI=1S/C28H32BrN3O4S/c1-20-10-12-23(13-11-20)18-31(26(28(34)30-3)17-22-8-6-5-7-9-22)27(33)19-32(37(4,35)36)24-14-15-25(29)21(2)16-24/h5-16,26H,17-19H2,1-4H3,(H,30,34)/t26-/m1/s1. The number of likely N-dealkylation sites (N-methyl/N-ethyl adjacent to an activating group) is 1. The van der Waals surface area contributed by atoms with Gasteiger partial charge in [0, 0.05) is 24.5 Å². The van der Waals surface area contributed by atoms with E-state index in [-0.39, 0.29) is 18.9 Å². The first kappa shape index (κ1) is 28.4. The molecule has 0 aliphatic heterocycles. The Kier molecular flexibility index (Phi) is 9.50. The fourth-order valence-electron chi connectivity index (χ4n) is 4.01. The number of hydrogen-bond donors (Lipinski definition) is 1. The minimum Gasteiger partial charge on any atom is -0.357 e. The van der Waals surface area contributed by atoms with Gasteiger partial charge >= 0.3 is 0 Å². The predicted molar refractivity (Wildman–Crippen MR) is 151 cm³/mol. The van der Waals surface area contributed by atoms with Crippen molar-refractivity contribution in [1.82, 2.24) is 10.2 Å². The van der Waals surface area contributed by atoms with Gasteiger partial charge < -0.3 is 10.2 Å². The monoisotopic (exact) mass is 585 g/mol. The molecule has 0 spiro atoms. The van der Waals surface area contributed by atoms with Crippen LogP contribution in [0.25, 0.3) is 0 Å². The molecule has 37 heavy (non-hydrogen) atoms. The average Bonchev–Trinajstić information content (AvgIpc) is 2.87. The Morgan fingerprint density at radius 2 is 1.59 bits per heavy atom. The molecule has 196 valence electrons. The first-order chi connectivity index (χ1) is 17.5. The molecular formula is C28H32BrN3O4S. The summed E-state index contributed by atoms with van der Waals surface area (Å²) in [4.78, 5) is 28.5. The molecule has 3 aromatic carbocycles. The summed E-state index contributed by atoms with van der Waals surface area (Å²) in [5.74, 6) is -0.800. The lowest BCUT2D eigenvalue weighted by atomic mass is 10.0.